The average molecular weight is 297 g/mol. The monoisotopic (exact) mass is 297 g/mol. The van der Waals surface area contributed by atoms with Crippen molar-refractivity contribution in [3.63, 3.8) is 0 Å². The summed E-state index contributed by atoms with van der Waals surface area (Å²) in [7, 11) is 1.78. The number of hydrogen-bond acceptors (Lipinski definition) is 4. The van der Waals surface area contributed by atoms with E-state index in [1.165, 1.54) is 0 Å². The number of carbonyl (C=O) groups is 1. The maximum atomic E-state index is 11.9. The highest BCUT2D eigenvalue weighted by atomic mass is 16.5. The zero-order valence-electron chi connectivity index (χ0n) is 13.1. The van der Waals surface area contributed by atoms with Crippen LogP contribution >= 0.6 is 0 Å². The summed E-state index contributed by atoms with van der Waals surface area (Å²) in [6.45, 7) is 5.56. The summed E-state index contributed by atoms with van der Waals surface area (Å²) in [6.07, 6.45) is 4.42. The van der Waals surface area contributed by atoms with Crippen molar-refractivity contribution in [2.75, 3.05) is 39.9 Å². The van der Waals surface area contributed by atoms with Crippen LogP contribution in [0.5, 0.6) is 0 Å². The Morgan fingerprint density at radius 1 is 1.43 bits per heavy atom. The topological polar surface area (TPSA) is 63.2 Å². The van der Waals surface area contributed by atoms with E-state index in [2.05, 4.69) is 15.2 Å². The second kappa shape index (κ2) is 8.22. The molecule has 0 radical (unpaired) electrons. The Balaban J connectivity index is 1.84. The number of esters is 1. The zero-order valence-corrected chi connectivity index (χ0v) is 13.1. The van der Waals surface area contributed by atoms with E-state index in [4.69, 9.17) is 9.47 Å². The van der Waals surface area contributed by atoms with Crippen LogP contribution in [0.15, 0.2) is 4.99 Å². The second-order valence-electron chi connectivity index (χ2n) is 5.60. The summed E-state index contributed by atoms with van der Waals surface area (Å²) in [5.41, 5.74) is 0. The van der Waals surface area contributed by atoms with Gasteiger partial charge in [-0.05, 0) is 32.6 Å². The van der Waals surface area contributed by atoms with E-state index in [-0.39, 0.29) is 18.0 Å². The van der Waals surface area contributed by atoms with Gasteiger partial charge in [-0.15, -0.1) is 0 Å². The van der Waals surface area contributed by atoms with Crippen LogP contribution in [0.3, 0.4) is 0 Å². The summed E-state index contributed by atoms with van der Waals surface area (Å²) in [5.74, 6) is 0.733. The van der Waals surface area contributed by atoms with Crippen LogP contribution in [0.1, 0.15) is 32.6 Å². The van der Waals surface area contributed by atoms with Crippen molar-refractivity contribution in [3.05, 3.63) is 0 Å². The fourth-order valence-corrected chi connectivity index (χ4v) is 2.96. The van der Waals surface area contributed by atoms with Crippen LogP contribution in [-0.2, 0) is 14.3 Å². The van der Waals surface area contributed by atoms with Crippen LogP contribution in [0.4, 0.5) is 0 Å². The number of carbonyl (C=O) groups excluding carboxylic acids is 1. The number of nitrogens with one attached hydrogen (secondary N) is 1. The Morgan fingerprint density at radius 2 is 2.29 bits per heavy atom. The van der Waals surface area contributed by atoms with Crippen molar-refractivity contribution in [1.82, 2.24) is 10.2 Å². The first kappa shape index (κ1) is 16.1. The summed E-state index contributed by atoms with van der Waals surface area (Å²) in [5, 5.41) is 3.37. The Labute approximate surface area is 126 Å². The van der Waals surface area contributed by atoms with Crippen LogP contribution in [-0.4, -0.2) is 62.8 Å². The normalized spacial score (nSPS) is 26.8. The standard InChI is InChI=1S/C15H27N3O3/c1-3-20-14(19)12-6-4-8-18(11-12)15(16-2)17-10-13-7-5-9-21-13/h12-13H,3-11H2,1-2H3,(H,16,17). The van der Waals surface area contributed by atoms with E-state index in [1.54, 1.807) is 7.05 Å². The first-order valence-corrected chi connectivity index (χ1v) is 7.98. The Kier molecular flexibility index (Phi) is 6.29. The van der Waals surface area contributed by atoms with Crippen LogP contribution in [0.25, 0.3) is 0 Å². The lowest BCUT2D eigenvalue weighted by Gasteiger charge is -2.34. The van der Waals surface area contributed by atoms with Gasteiger partial charge in [-0.25, -0.2) is 0 Å². The zero-order chi connectivity index (χ0) is 15.1. The lowest BCUT2D eigenvalue weighted by Crippen LogP contribution is -2.49. The third kappa shape index (κ3) is 4.59. The largest absolute Gasteiger partial charge is 0.466 e. The Morgan fingerprint density at radius 3 is 2.95 bits per heavy atom. The fraction of sp³-hybridized carbons (Fsp3) is 0.867. The van der Waals surface area contributed by atoms with Gasteiger partial charge >= 0.3 is 5.97 Å². The number of nitrogens with zero attached hydrogens (tertiary/aromatic N) is 2. The van der Waals surface area contributed by atoms with Gasteiger partial charge in [-0.3, -0.25) is 9.79 Å². The van der Waals surface area contributed by atoms with Gasteiger partial charge in [0.15, 0.2) is 5.96 Å². The predicted octanol–water partition coefficient (Wildman–Crippen LogP) is 1.02. The molecule has 21 heavy (non-hydrogen) atoms. The highest BCUT2D eigenvalue weighted by Gasteiger charge is 2.28. The molecule has 2 atom stereocenters. The Bertz CT molecular complexity index is 367. The molecule has 6 heteroatoms. The third-order valence-electron chi connectivity index (χ3n) is 4.06. The molecule has 120 valence electrons. The van der Waals surface area contributed by atoms with Crippen molar-refractivity contribution >= 4 is 11.9 Å². The SMILES string of the molecule is CCOC(=O)C1CCCN(C(=NC)NCC2CCCO2)C1. The molecular formula is C15H27N3O3. The van der Waals surface area contributed by atoms with Crippen molar-refractivity contribution < 1.29 is 14.3 Å². The molecule has 2 aliphatic heterocycles. The Hall–Kier alpha value is -1.30. The molecule has 0 aromatic rings. The van der Waals surface area contributed by atoms with Gasteiger partial charge in [0.2, 0.25) is 0 Å². The van der Waals surface area contributed by atoms with E-state index in [9.17, 15) is 4.79 Å². The van der Waals surface area contributed by atoms with Crippen molar-refractivity contribution in [3.8, 4) is 0 Å². The van der Waals surface area contributed by atoms with E-state index >= 15 is 0 Å². The summed E-state index contributed by atoms with van der Waals surface area (Å²) < 4.78 is 10.8. The summed E-state index contributed by atoms with van der Waals surface area (Å²) in [4.78, 5) is 18.4. The summed E-state index contributed by atoms with van der Waals surface area (Å²) >= 11 is 0. The van der Waals surface area contributed by atoms with E-state index < -0.39 is 0 Å². The molecule has 0 saturated carbocycles. The van der Waals surface area contributed by atoms with Crippen molar-refractivity contribution in [2.45, 2.75) is 38.7 Å². The van der Waals surface area contributed by atoms with Gasteiger partial charge in [0.25, 0.3) is 0 Å². The molecule has 2 heterocycles. The van der Waals surface area contributed by atoms with E-state index in [0.717, 1.165) is 51.3 Å². The summed E-state index contributed by atoms with van der Waals surface area (Å²) in [6, 6.07) is 0. The third-order valence-corrected chi connectivity index (χ3v) is 4.06. The molecule has 0 bridgehead atoms. The van der Waals surface area contributed by atoms with Gasteiger partial charge in [0.1, 0.15) is 0 Å². The number of hydrogen-bond donors (Lipinski definition) is 1. The molecule has 0 amide bonds. The molecule has 2 fully saturated rings. The molecule has 2 aliphatic rings. The molecule has 2 rings (SSSR count). The molecule has 6 nitrogen and oxygen atoms in total. The highest BCUT2D eigenvalue weighted by molar-refractivity contribution is 5.81. The number of aliphatic imine (C=N–C) groups is 1. The minimum Gasteiger partial charge on any atom is -0.466 e. The van der Waals surface area contributed by atoms with Gasteiger partial charge in [0.05, 0.1) is 18.6 Å². The predicted molar refractivity (Wildman–Crippen MR) is 81.3 cm³/mol. The minimum absolute atomic E-state index is 0.0417. The van der Waals surface area contributed by atoms with Crippen molar-refractivity contribution in [2.24, 2.45) is 10.9 Å². The van der Waals surface area contributed by atoms with Gasteiger partial charge in [-0.2, -0.15) is 0 Å². The number of ether oxygens (including phenoxy) is 2. The number of rotatable bonds is 4. The molecule has 1 N–H and O–H groups in total. The van der Waals surface area contributed by atoms with Crippen LogP contribution < -0.4 is 5.32 Å². The molecule has 2 unspecified atom stereocenters. The van der Waals surface area contributed by atoms with Gasteiger partial charge in [0, 0.05) is 33.3 Å². The molecular weight excluding hydrogens is 270 g/mol. The van der Waals surface area contributed by atoms with Gasteiger partial charge in [-0.1, -0.05) is 0 Å². The maximum Gasteiger partial charge on any atom is 0.310 e. The first-order chi connectivity index (χ1) is 10.2. The smallest absolute Gasteiger partial charge is 0.310 e. The van der Waals surface area contributed by atoms with Gasteiger partial charge < -0.3 is 19.7 Å². The molecule has 0 aromatic carbocycles. The molecule has 0 aliphatic carbocycles. The molecule has 0 aromatic heterocycles. The number of likely N-dealkylation sites (tertiary alicyclic amines) is 1. The minimum atomic E-state index is -0.0863. The van der Waals surface area contributed by atoms with Crippen molar-refractivity contribution in [1.29, 1.82) is 0 Å². The lowest BCUT2D eigenvalue weighted by molar-refractivity contribution is -0.149. The fourth-order valence-electron chi connectivity index (χ4n) is 2.96. The molecule has 2 saturated heterocycles. The van der Waals surface area contributed by atoms with E-state index in [0.29, 0.717) is 13.2 Å². The highest BCUT2D eigenvalue weighted by Crippen LogP contribution is 2.18. The number of piperidine rings is 1. The van der Waals surface area contributed by atoms with Crippen LogP contribution in [0.2, 0.25) is 0 Å². The first-order valence-electron chi connectivity index (χ1n) is 7.98. The van der Waals surface area contributed by atoms with E-state index in [1.807, 2.05) is 6.92 Å². The molecule has 0 spiro atoms. The van der Waals surface area contributed by atoms with Crippen LogP contribution in [0, 0.1) is 5.92 Å². The quantitative estimate of drug-likeness (QED) is 0.477. The maximum absolute atomic E-state index is 11.9. The average Bonchev–Trinajstić information content (AvgIpc) is 3.02. The number of guanidine groups is 1. The second-order valence-corrected chi connectivity index (χ2v) is 5.60. The lowest BCUT2D eigenvalue weighted by atomic mass is 9.98.